The van der Waals surface area contributed by atoms with Gasteiger partial charge in [-0.15, -0.1) is 0 Å². The van der Waals surface area contributed by atoms with Crippen LogP contribution in [0.5, 0.6) is 11.5 Å². The molecule has 0 spiro atoms. The maximum Gasteiger partial charge on any atom is 0.314 e. The summed E-state index contributed by atoms with van der Waals surface area (Å²) in [6.07, 6.45) is 9.27. The highest BCUT2D eigenvalue weighted by atomic mass is 32.2. The van der Waals surface area contributed by atoms with E-state index in [4.69, 9.17) is 15.3 Å². The van der Waals surface area contributed by atoms with Crippen molar-refractivity contribution in [3.63, 3.8) is 0 Å². The Bertz CT molecular complexity index is 960. The van der Waals surface area contributed by atoms with Crippen LogP contribution < -0.4 is 4.74 Å². The van der Waals surface area contributed by atoms with Crippen LogP contribution >= 0.6 is 23.5 Å². The third-order valence-electron chi connectivity index (χ3n) is 6.92. The Morgan fingerprint density at radius 1 is 0.968 bits per heavy atom. The van der Waals surface area contributed by atoms with Crippen molar-refractivity contribution in [1.29, 1.82) is 10.5 Å². The monoisotopic (exact) mass is 454 g/mol. The molecule has 0 saturated heterocycles. The number of esters is 1. The molecule has 1 aliphatic heterocycles. The number of phenols is 1. The molecule has 1 N–H and O–H groups in total. The van der Waals surface area contributed by atoms with E-state index in [1.807, 2.05) is 12.1 Å². The number of hydrogen-bond acceptors (Lipinski definition) is 7. The molecule has 1 heterocycles. The summed E-state index contributed by atoms with van der Waals surface area (Å²) in [7, 11) is 0. The van der Waals surface area contributed by atoms with Crippen molar-refractivity contribution in [2.24, 2.45) is 23.7 Å². The number of thioether (sulfide) groups is 2. The third-order valence-corrected chi connectivity index (χ3v) is 9.55. The molecule has 0 atom stereocenters. The molecule has 162 valence electrons. The van der Waals surface area contributed by atoms with Gasteiger partial charge in [-0.25, -0.2) is 0 Å². The van der Waals surface area contributed by atoms with Crippen molar-refractivity contribution < 1.29 is 14.6 Å². The van der Waals surface area contributed by atoms with Crippen LogP contribution in [0.2, 0.25) is 0 Å². The standard InChI is InChI=1S/C24H26N2O3S2/c1-14-2-4-15(5-3-14)16-6-8-17(9-7-16)23(28)29-20-11-10-19(27)21-22(20)31-24(30-21)18(12-25)13-26/h10-11,14-17,27H,2-9H2,1H3. The summed E-state index contributed by atoms with van der Waals surface area (Å²) in [6, 6.07) is 6.85. The fourth-order valence-corrected chi connectivity index (χ4v) is 7.46. The molecular weight excluding hydrogens is 428 g/mol. The van der Waals surface area contributed by atoms with Crippen LogP contribution in [0, 0.1) is 46.3 Å². The van der Waals surface area contributed by atoms with Gasteiger partial charge in [0.25, 0.3) is 0 Å². The van der Waals surface area contributed by atoms with Gasteiger partial charge in [0.15, 0.2) is 0 Å². The Balaban J connectivity index is 1.40. The number of aromatic hydroxyl groups is 1. The molecular formula is C24H26N2O3S2. The van der Waals surface area contributed by atoms with Crippen molar-refractivity contribution in [2.75, 3.05) is 0 Å². The van der Waals surface area contributed by atoms with Gasteiger partial charge >= 0.3 is 5.97 Å². The van der Waals surface area contributed by atoms with Crippen LogP contribution in [0.1, 0.15) is 58.3 Å². The molecule has 2 fully saturated rings. The summed E-state index contributed by atoms with van der Waals surface area (Å²) in [5.74, 6) is 2.56. The van der Waals surface area contributed by atoms with E-state index in [-0.39, 0.29) is 23.2 Å². The molecule has 1 aromatic carbocycles. The van der Waals surface area contributed by atoms with E-state index in [0.717, 1.165) is 43.4 Å². The molecule has 31 heavy (non-hydrogen) atoms. The van der Waals surface area contributed by atoms with Crippen molar-refractivity contribution in [3.8, 4) is 23.6 Å². The smallest absolute Gasteiger partial charge is 0.314 e. The van der Waals surface area contributed by atoms with Crippen LogP contribution in [-0.2, 0) is 4.79 Å². The molecule has 4 rings (SSSR count). The van der Waals surface area contributed by atoms with Gasteiger partial charge < -0.3 is 9.84 Å². The fourth-order valence-electron chi connectivity index (χ4n) is 5.01. The van der Waals surface area contributed by atoms with Crippen LogP contribution in [0.25, 0.3) is 0 Å². The Labute approximate surface area is 191 Å². The third kappa shape index (κ3) is 4.73. The van der Waals surface area contributed by atoms with Crippen LogP contribution in [0.4, 0.5) is 0 Å². The highest BCUT2D eigenvalue weighted by Gasteiger charge is 2.34. The number of rotatable bonds is 3. The van der Waals surface area contributed by atoms with Crippen LogP contribution in [0.15, 0.2) is 31.7 Å². The van der Waals surface area contributed by atoms with Gasteiger partial charge in [0.05, 0.1) is 19.9 Å². The Morgan fingerprint density at radius 3 is 2.16 bits per heavy atom. The van der Waals surface area contributed by atoms with E-state index in [1.165, 1.54) is 55.3 Å². The van der Waals surface area contributed by atoms with Crippen molar-refractivity contribution >= 4 is 29.5 Å². The summed E-state index contributed by atoms with van der Waals surface area (Å²) in [4.78, 5) is 14.0. The van der Waals surface area contributed by atoms with Crippen molar-refractivity contribution in [1.82, 2.24) is 0 Å². The summed E-state index contributed by atoms with van der Waals surface area (Å²) in [5.41, 5.74) is -0.00157. The number of nitrogens with zero attached hydrogens (tertiary/aromatic N) is 2. The fraction of sp³-hybridized carbons (Fsp3) is 0.542. The predicted octanol–water partition coefficient (Wildman–Crippen LogP) is 6.39. The van der Waals surface area contributed by atoms with Gasteiger partial charge in [0, 0.05) is 0 Å². The Morgan fingerprint density at radius 2 is 1.55 bits per heavy atom. The second kappa shape index (κ2) is 9.59. The Hall–Kier alpha value is -2.09. The highest BCUT2D eigenvalue weighted by molar-refractivity contribution is 8.24. The molecule has 2 saturated carbocycles. The first-order valence-corrected chi connectivity index (χ1v) is 12.6. The lowest BCUT2D eigenvalue weighted by Gasteiger charge is -2.36. The van der Waals surface area contributed by atoms with Crippen molar-refractivity contribution in [2.45, 2.75) is 68.1 Å². The molecule has 1 aromatic rings. The molecule has 0 radical (unpaired) electrons. The van der Waals surface area contributed by atoms with Gasteiger partial charge in [-0.1, -0.05) is 43.3 Å². The molecule has 0 bridgehead atoms. The quantitative estimate of drug-likeness (QED) is 0.321. The summed E-state index contributed by atoms with van der Waals surface area (Å²) < 4.78 is 6.27. The number of phenolic OH excluding ortho intramolecular Hbond substituents is 1. The van der Waals surface area contributed by atoms with E-state index < -0.39 is 0 Å². The van der Waals surface area contributed by atoms with Gasteiger partial charge in [0.2, 0.25) is 0 Å². The molecule has 0 aromatic heterocycles. The second-order valence-corrected chi connectivity index (χ2v) is 11.2. The Kier molecular flexibility index (Phi) is 6.84. The van der Waals surface area contributed by atoms with E-state index in [0.29, 0.717) is 19.8 Å². The minimum absolute atomic E-state index is 0.00157. The minimum Gasteiger partial charge on any atom is -0.507 e. The van der Waals surface area contributed by atoms with E-state index in [1.54, 1.807) is 6.07 Å². The maximum absolute atomic E-state index is 12.9. The zero-order chi connectivity index (χ0) is 22.0. The number of fused-ring (bicyclic) bond motifs is 1. The van der Waals surface area contributed by atoms with Crippen molar-refractivity contribution in [3.05, 3.63) is 21.9 Å². The van der Waals surface area contributed by atoms with Gasteiger partial charge in [-0.05, 0) is 68.4 Å². The zero-order valence-corrected chi connectivity index (χ0v) is 19.2. The number of ether oxygens (including phenoxy) is 1. The van der Waals surface area contributed by atoms with Gasteiger partial charge in [0.1, 0.15) is 29.2 Å². The molecule has 7 heteroatoms. The largest absolute Gasteiger partial charge is 0.507 e. The maximum atomic E-state index is 12.9. The van der Waals surface area contributed by atoms with E-state index >= 15 is 0 Å². The number of nitriles is 2. The topological polar surface area (TPSA) is 94.1 Å². The molecule has 2 aliphatic carbocycles. The average molecular weight is 455 g/mol. The molecule has 0 amide bonds. The normalized spacial score (nSPS) is 27.6. The lowest BCUT2D eigenvalue weighted by atomic mass is 9.69. The molecule has 0 unspecified atom stereocenters. The number of carbonyl (C=O) groups is 1. The summed E-state index contributed by atoms with van der Waals surface area (Å²) in [5, 5.41) is 28.5. The molecule has 5 nitrogen and oxygen atoms in total. The number of hydrogen-bond donors (Lipinski definition) is 1. The van der Waals surface area contributed by atoms with Gasteiger partial charge in [-0.2, -0.15) is 10.5 Å². The van der Waals surface area contributed by atoms with Crippen LogP contribution in [0.3, 0.4) is 0 Å². The lowest BCUT2D eigenvalue weighted by molar-refractivity contribution is -0.140. The first-order chi connectivity index (χ1) is 15.0. The summed E-state index contributed by atoms with van der Waals surface area (Å²) in [6.45, 7) is 2.35. The second-order valence-electron chi connectivity index (χ2n) is 8.88. The number of allylic oxidation sites excluding steroid dienone is 1. The lowest BCUT2D eigenvalue weighted by Crippen LogP contribution is -2.30. The minimum atomic E-state index is -0.215. The van der Waals surface area contributed by atoms with E-state index in [2.05, 4.69) is 6.92 Å². The first kappa shape index (κ1) is 22.1. The first-order valence-electron chi connectivity index (χ1n) is 11.0. The predicted molar refractivity (Wildman–Crippen MR) is 120 cm³/mol. The highest BCUT2D eigenvalue weighted by Crippen LogP contribution is 2.58. The average Bonchev–Trinajstić information content (AvgIpc) is 3.23. The number of carbonyl (C=O) groups excluding carboxylic acids is 1. The van der Waals surface area contributed by atoms with E-state index in [9.17, 15) is 9.90 Å². The van der Waals surface area contributed by atoms with Crippen LogP contribution in [-0.4, -0.2) is 11.1 Å². The number of benzene rings is 1. The summed E-state index contributed by atoms with van der Waals surface area (Å²) >= 11 is 2.37. The zero-order valence-electron chi connectivity index (χ0n) is 17.6. The van der Waals surface area contributed by atoms with Gasteiger partial charge in [-0.3, -0.25) is 4.79 Å². The molecule has 3 aliphatic rings. The SMILES string of the molecule is CC1CCC(C2CCC(C(=O)Oc3ccc(O)c4c3SC(=C(C#N)C#N)S4)CC2)CC1.